The minimum absolute atomic E-state index is 0.0831. The average Bonchev–Trinajstić information content (AvgIpc) is 3.46. The molecule has 80 heavy (non-hydrogen) atoms. The second kappa shape index (κ2) is 68.1. The van der Waals surface area contributed by atoms with Crippen LogP contribution in [-0.4, -0.2) is 37.2 Å². The highest BCUT2D eigenvalue weighted by Gasteiger charge is 2.19. The number of allylic oxidation sites excluding steroid dienone is 14. The predicted molar refractivity (Wildman–Crippen MR) is 348 cm³/mol. The summed E-state index contributed by atoms with van der Waals surface area (Å²) >= 11 is 0. The molecule has 0 saturated carbocycles. The Kier molecular flexibility index (Phi) is 65.2. The lowest BCUT2D eigenvalue weighted by Crippen LogP contribution is -2.30. The maximum atomic E-state index is 12.9. The van der Waals surface area contributed by atoms with E-state index in [1.54, 1.807) is 0 Å². The van der Waals surface area contributed by atoms with E-state index in [9.17, 15) is 14.4 Å². The zero-order valence-corrected chi connectivity index (χ0v) is 53.1. The molecule has 0 aliphatic rings. The monoisotopic (exact) mass is 1110 g/mol. The van der Waals surface area contributed by atoms with Crippen LogP contribution < -0.4 is 0 Å². The number of hydrogen-bond donors (Lipinski definition) is 0. The van der Waals surface area contributed by atoms with Crippen LogP contribution >= 0.6 is 0 Å². The van der Waals surface area contributed by atoms with Crippen molar-refractivity contribution < 1.29 is 28.6 Å². The Bertz CT molecular complexity index is 1520. The molecule has 0 aromatic carbocycles. The minimum atomic E-state index is -0.789. The lowest BCUT2D eigenvalue weighted by Gasteiger charge is -2.18. The molecule has 0 spiro atoms. The fraction of sp³-hybridized carbons (Fsp3) is 0.770. The molecule has 0 heterocycles. The molecule has 1 atom stereocenters. The maximum absolute atomic E-state index is 12.9. The number of unbranched alkanes of at least 4 members (excludes halogenated alkanes) is 38. The van der Waals surface area contributed by atoms with Crippen molar-refractivity contribution in [1.82, 2.24) is 0 Å². The summed E-state index contributed by atoms with van der Waals surface area (Å²) in [6.45, 7) is 6.54. The number of hydrogen-bond acceptors (Lipinski definition) is 6. The van der Waals surface area contributed by atoms with Gasteiger partial charge in [0.2, 0.25) is 0 Å². The largest absolute Gasteiger partial charge is 0.462 e. The van der Waals surface area contributed by atoms with Crippen molar-refractivity contribution in [1.29, 1.82) is 0 Å². The molecule has 0 saturated heterocycles. The topological polar surface area (TPSA) is 78.9 Å². The van der Waals surface area contributed by atoms with Crippen molar-refractivity contribution in [3.05, 3.63) is 85.1 Å². The first-order valence-corrected chi connectivity index (χ1v) is 34.6. The van der Waals surface area contributed by atoms with Gasteiger partial charge in [-0.15, -0.1) is 0 Å². The van der Waals surface area contributed by atoms with Gasteiger partial charge in [-0.25, -0.2) is 0 Å². The zero-order chi connectivity index (χ0) is 57.8. The first-order valence-electron chi connectivity index (χ1n) is 34.6. The first kappa shape index (κ1) is 76.6. The molecular weight excluding hydrogens is 985 g/mol. The van der Waals surface area contributed by atoms with Crippen molar-refractivity contribution in [2.45, 2.75) is 354 Å². The third-order valence-electron chi connectivity index (χ3n) is 15.1. The summed E-state index contributed by atoms with van der Waals surface area (Å²) in [7, 11) is 0. The molecule has 0 bridgehead atoms. The molecule has 0 aromatic rings. The van der Waals surface area contributed by atoms with Gasteiger partial charge in [0, 0.05) is 19.3 Å². The van der Waals surface area contributed by atoms with Gasteiger partial charge in [-0.3, -0.25) is 14.4 Å². The normalized spacial score (nSPS) is 12.6. The van der Waals surface area contributed by atoms with E-state index in [1.165, 1.54) is 199 Å². The van der Waals surface area contributed by atoms with Crippen LogP contribution in [0.3, 0.4) is 0 Å². The molecule has 6 heteroatoms. The van der Waals surface area contributed by atoms with E-state index in [2.05, 4.69) is 106 Å². The Hall–Kier alpha value is -3.41. The van der Waals surface area contributed by atoms with E-state index in [-0.39, 0.29) is 31.1 Å². The van der Waals surface area contributed by atoms with Gasteiger partial charge in [-0.1, -0.05) is 298 Å². The van der Waals surface area contributed by atoms with Crippen molar-refractivity contribution >= 4 is 17.9 Å². The molecule has 0 aromatic heterocycles. The molecule has 0 fully saturated rings. The van der Waals surface area contributed by atoms with E-state index in [1.807, 2.05) is 0 Å². The number of rotatable bonds is 63. The lowest BCUT2D eigenvalue weighted by molar-refractivity contribution is -0.167. The van der Waals surface area contributed by atoms with Crippen LogP contribution in [0.2, 0.25) is 0 Å². The Balaban J connectivity index is 4.32. The average molecular weight is 1120 g/mol. The predicted octanol–water partition coefficient (Wildman–Crippen LogP) is 23.8. The highest BCUT2D eigenvalue weighted by atomic mass is 16.6. The molecule has 0 amide bonds. The number of carbonyl (C=O) groups is 3. The fourth-order valence-corrected chi connectivity index (χ4v) is 9.93. The number of carbonyl (C=O) groups excluding carboxylic acids is 3. The van der Waals surface area contributed by atoms with Crippen LogP contribution in [0, 0.1) is 0 Å². The molecular formula is C74H130O6. The summed E-state index contributed by atoms with van der Waals surface area (Å²) in [5, 5.41) is 0. The second-order valence-corrected chi connectivity index (χ2v) is 23.1. The maximum Gasteiger partial charge on any atom is 0.306 e. The van der Waals surface area contributed by atoms with Gasteiger partial charge < -0.3 is 14.2 Å². The smallest absolute Gasteiger partial charge is 0.306 e. The SMILES string of the molecule is CC/C=C\C/C=C\C/C=C\C/C=C\CCCCCCCCC(=O)OC(COC(=O)CCCCCCC/C=C\CCCCCCCCC)COC(=O)CCCCCCCCCCCCCCCCC/C=C\C/C=C\CCCCCCC. The van der Waals surface area contributed by atoms with E-state index in [4.69, 9.17) is 14.2 Å². The van der Waals surface area contributed by atoms with Gasteiger partial charge in [0.05, 0.1) is 0 Å². The Morgan fingerprint density at radius 1 is 0.263 bits per heavy atom. The zero-order valence-electron chi connectivity index (χ0n) is 53.1. The molecule has 0 radical (unpaired) electrons. The molecule has 0 aliphatic carbocycles. The summed E-state index contributed by atoms with van der Waals surface area (Å²) in [6, 6.07) is 0. The summed E-state index contributed by atoms with van der Waals surface area (Å²) in [5.74, 6) is -0.889. The molecule has 462 valence electrons. The summed E-state index contributed by atoms with van der Waals surface area (Å²) in [5.41, 5.74) is 0. The van der Waals surface area contributed by atoms with Crippen LogP contribution in [0.25, 0.3) is 0 Å². The van der Waals surface area contributed by atoms with Crippen molar-refractivity contribution in [3.63, 3.8) is 0 Å². The van der Waals surface area contributed by atoms with Crippen molar-refractivity contribution in [2.75, 3.05) is 13.2 Å². The van der Waals surface area contributed by atoms with E-state index in [0.29, 0.717) is 19.3 Å². The Labute approximate surface area is 496 Å². The lowest BCUT2D eigenvalue weighted by atomic mass is 10.0. The Morgan fingerprint density at radius 3 is 0.775 bits per heavy atom. The van der Waals surface area contributed by atoms with E-state index >= 15 is 0 Å². The summed E-state index contributed by atoms with van der Waals surface area (Å²) < 4.78 is 17.0. The second-order valence-electron chi connectivity index (χ2n) is 23.1. The van der Waals surface area contributed by atoms with Crippen LogP contribution in [0.15, 0.2) is 85.1 Å². The van der Waals surface area contributed by atoms with Crippen LogP contribution in [0.4, 0.5) is 0 Å². The Morgan fingerprint density at radius 2 is 0.487 bits per heavy atom. The molecule has 1 unspecified atom stereocenters. The molecule has 0 rings (SSSR count). The minimum Gasteiger partial charge on any atom is -0.462 e. The van der Waals surface area contributed by atoms with Gasteiger partial charge in [-0.05, 0) is 116 Å². The quantitative estimate of drug-likeness (QED) is 0.0261. The third-order valence-corrected chi connectivity index (χ3v) is 15.1. The van der Waals surface area contributed by atoms with Crippen LogP contribution in [-0.2, 0) is 28.6 Å². The molecule has 6 nitrogen and oxygen atoms in total. The fourth-order valence-electron chi connectivity index (χ4n) is 9.93. The van der Waals surface area contributed by atoms with E-state index < -0.39 is 6.10 Å². The van der Waals surface area contributed by atoms with E-state index in [0.717, 1.165) is 109 Å². The number of ether oxygens (including phenoxy) is 3. The summed E-state index contributed by atoms with van der Waals surface area (Å²) in [6.07, 6.45) is 90.3. The van der Waals surface area contributed by atoms with Crippen molar-refractivity contribution in [2.24, 2.45) is 0 Å². The van der Waals surface area contributed by atoms with Crippen LogP contribution in [0.1, 0.15) is 348 Å². The van der Waals surface area contributed by atoms with Gasteiger partial charge in [0.15, 0.2) is 6.10 Å². The van der Waals surface area contributed by atoms with Crippen LogP contribution in [0.5, 0.6) is 0 Å². The highest BCUT2D eigenvalue weighted by Crippen LogP contribution is 2.17. The van der Waals surface area contributed by atoms with Gasteiger partial charge in [0.25, 0.3) is 0 Å². The molecule has 0 N–H and O–H groups in total. The number of esters is 3. The van der Waals surface area contributed by atoms with Crippen molar-refractivity contribution in [3.8, 4) is 0 Å². The first-order chi connectivity index (χ1) is 39.5. The van der Waals surface area contributed by atoms with Gasteiger partial charge in [-0.2, -0.15) is 0 Å². The third kappa shape index (κ3) is 65.4. The van der Waals surface area contributed by atoms with Gasteiger partial charge in [0.1, 0.15) is 13.2 Å². The van der Waals surface area contributed by atoms with Gasteiger partial charge >= 0.3 is 17.9 Å². The highest BCUT2D eigenvalue weighted by molar-refractivity contribution is 5.71. The summed E-state index contributed by atoms with van der Waals surface area (Å²) in [4.78, 5) is 38.4. The standard InChI is InChI=1S/C74H130O6/c1-4-7-10-13-16-19-22-25-28-31-33-34-35-36-37-38-39-40-42-43-46-49-52-55-58-61-64-67-73(76)79-70-71(69-78-72(75)66-63-60-57-54-51-48-45-30-27-24-21-18-15-12-9-6-3)80-74(77)68-65-62-59-56-53-50-47-44-41-32-29-26-23-20-17-14-11-8-5-2/h8,11,17,20,22,25-26,29-31,33,41,44-45,71H,4-7,9-10,12-16,18-19,21,23-24,27-28,32,34-40,42-43,46-70H2,1-3H3/b11-8-,20-17-,25-22-,29-26-,33-31-,44-41-,45-30-. The molecule has 0 aliphatic heterocycles.